The third kappa shape index (κ3) is 5.76. The number of benzene rings is 1. The van der Waals surface area contributed by atoms with Crippen LogP contribution in [-0.2, 0) is 9.53 Å². The summed E-state index contributed by atoms with van der Waals surface area (Å²) in [5, 5.41) is 9.08. The summed E-state index contributed by atoms with van der Waals surface area (Å²) in [5.74, 6) is 0.527. The van der Waals surface area contributed by atoms with Crippen LogP contribution >= 0.6 is 12.2 Å². The van der Waals surface area contributed by atoms with Gasteiger partial charge in [-0.15, -0.1) is 0 Å². The van der Waals surface area contributed by atoms with Crippen LogP contribution in [0.2, 0.25) is 0 Å². The molecule has 1 heterocycles. The van der Waals surface area contributed by atoms with E-state index in [1.807, 2.05) is 6.07 Å². The van der Waals surface area contributed by atoms with Crippen LogP contribution in [0.1, 0.15) is 20.8 Å². The maximum absolute atomic E-state index is 11.6. The maximum atomic E-state index is 11.6. The number of ether oxygens (including phenoxy) is 2. The zero-order valence-electron chi connectivity index (χ0n) is 15.3. The van der Waals surface area contributed by atoms with E-state index >= 15 is 0 Å². The first kappa shape index (κ1) is 19.8. The molecule has 0 spiro atoms. The van der Waals surface area contributed by atoms with Gasteiger partial charge in [0.05, 0.1) is 5.69 Å². The Kier molecular flexibility index (Phi) is 6.25. The molecule has 1 aromatic rings. The molecular weight excluding hydrogens is 356 g/mol. The standard InChI is InChI=1S/C17H24N4O4S/c1-17(2,3)25-16(23)19-8-7-18-15(26)20-11-5-6-12-13(9-11)24-10-14(22)21(12)4/h5-6,9H,7-8,10H2,1-4H3,(H,19,23)(H2,18,20,26). The molecule has 9 heteroatoms. The van der Waals surface area contributed by atoms with Crippen molar-refractivity contribution in [1.82, 2.24) is 10.6 Å². The van der Waals surface area contributed by atoms with Gasteiger partial charge >= 0.3 is 6.09 Å². The second-order valence-electron chi connectivity index (χ2n) is 6.73. The van der Waals surface area contributed by atoms with E-state index in [1.165, 1.54) is 0 Å². The molecule has 3 N–H and O–H groups in total. The van der Waals surface area contributed by atoms with Crippen LogP contribution in [0.15, 0.2) is 18.2 Å². The number of thiocarbonyl (C=S) groups is 1. The summed E-state index contributed by atoms with van der Waals surface area (Å²) in [6.07, 6.45) is -0.469. The van der Waals surface area contributed by atoms with E-state index in [4.69, 9.17) is 21.7 Å². The summed E-state index contributed by atoms with van der Waals surface area (Å²) in [7, 11) is 1.71. The Morgan fingerprint density at radius 1 is 1.31 bits per heavy atom. The van der Waals surface area contributed by atoms with Gasteiger partial charge in [-0.25, -0.2) is 4.79 Å². The van der Waals surface area contributed by atoms with Gasteiger partial charge in [-0.1, -0.05) is 0 Å². The smallest absolute Gasteiger partial charge is 0.407 e. The first-order valence-electron chi connectivity index (χ1n) is 8.21. The minimum Gasteiger partial charge on any atom is -0.481 e. The number of carbonyl (C=O) groups is 2. The molecule has 0 saturated carbocycles. The Morgan fingerprint density at radius 2 is 2.00 bits per heavy atom. The molecule has 2 rings (SSSR count). The van der Waals surface area contributed by atoms with Crippen molar-refractivity contribution in [2.24, 2.45) is 0 Å². The number of nitrogens with one attached hydrogen (secondary N) is 3. The second kappa shape index (κ2) is 8.22. The fourth-order valence-corrected chi connectivity index (χ4v) is 2.41. The van der Waals surface area contributed by atoms with Crippen molar-refractivity contribution in [2.75, 3.05) is 37.0 Å². The lowest BCUT2D eigenvalue weighted by Crippen LogP contribution is -2.39. The highest BCUT2D eigenvalue weighted by Crippen LogP contribution is 2.33. The van der Waals surface area contributed by atoms with E-state index in [1.54, 1.807) is 44.9 Å². The van der Waals surface area contributed by atoms with Crippen LogP contribution in [0.3, 0.4) is 0 Å². The van der Waals surface area contributed by atoms with Gasteiger partial charge in [0.15, 0.2) is 11.7 Å². The van der Waals surface area contributed by atoms with E-state index in [0.717, 1.165) is 5.69 Å². The van der Waals surface area contributed by atoms with E-state index < -0.39 is 11.7 Å². The van der Waals surface area contributed by atoms with E-state index in [0.29, 0.717) is 29.6 Å². The molecule has 0 radical (unpaired) electrons. The summed E-state index contributed by atoms with van der Waals surface area (Å²) in [6.45, 7) is 6.26. The number of hydrogen-bond donors (Lipinski definition) is 3. The largest absolute Gasteiger partial charge is 0.481 e. The Bertz CT molecular complexity index is 702. The van der Waals surface area contributed by atoms with Crippen LogP contribution in [-0.4, -0.2) is 49.5 Å². The number of anilines is 2. The summed E-state index contributed by atoms with van der Waals surface area (Å²) in [6, 6.07) is 5.39. The first-order valence-corrected chi connectivity index (χ1v) is 8.61. The van der Waals surface area contributed by atoms with Crippen LogP contribution in [0.4, 0.5) is 16.2 Å². The Hall–Kier alpha value is -2.55. The van der Waals surface area contributed by atoms with E-state index in [2.05, 4.69) is 16.0 Å². The summed E-state index contributed by atoms with van der Waals surface area (Å²) in [5.41, 5.74) is 0.929. The number of amides is 2. The SMILES string of the molecule is CN1C(=O)COc2cc(NC(=S)NCCNC(=O)OC(C)(C)C)ccc21. The van der Waals surface area contributed by atoms with E-state index in [9.17, 15) is 9.59 Å². The molecule has 0 fully saturated rings. The Labute approximate surface area is 158 Å². The first-order chi connectivity index (χ1) is 12.2. The highest BCUT2D eigenvalue weighted by atomic mass is 32.1. The monoisotopic (exact) mass is 380 g/mol. The van der Waals surface area contributed by atoms with Crippen LogP contribution in [0.5, 0.6) is 5.75 Å². The molecular formula is C17H24N4O4S. The zero-order chi connectivity index (χ0) is 19.3. The molecule has 8 nitrogen and oxygen atoms in total. The number of nitrogens with zero attached hydrogens (tertiary/aromatic N) is 1. The molecule has 1 aromatic carbocycles. The molecule has 0 aliphatic carbocycles. The molecule has 1 aliphatic heterocycles. The van der Waals surface area contributed by atoms with Crippen molar-refractivity contribution in [3.05, 3.63) is 18.2 Å². The van der Waals surface area contributed by atoms with Crippen LogP contribution in [0, 0.1) is 0 Å². The van der Waals surface area contributed by atoms with Gasteiger partial charge in [0, 0.05) is 31.9 Å². The van der Waals surface area contributed by atoms with Crippen molar-refractivity contribution in [3.63, 3.8) is 0 Å². The van der Waals surface area contributed by atoms with Gasteiger partial charge in [0.1, 0.15) is 11.4 Å². The molecule has 2 amide bonds. The molecule has 1 aliphatic rings. The van der Waals surface area contributed by atoms with E-state index in [-0.39, 0.29) is 12.5 Å². The highest BCUT2D eigenvalue weighted by Gasteiger charge is 2.22. The van der Waals surface area contributed by atoms with Crippen molar-refractivity contribution in [1.29, 1.82) is 0 Å². The van der Waals surface area contributed by atoms with Crippen molar-refractivity contribution < 1.29 is 19.1 Å². The lowest BCUT2D eigenvalue weighted by molar-refractivity contribution is -0.120. The number of fused-ring (bicyclic) bond motifs is 1. The molecule has 0 aromatic heterocycles. The van der Waals surface area contributed by atoms with Crippen LogP contribution in [0.25, 0.3) is 0 Å². The average Bonchev–Trinajstić information content (AvgIpc) is 2.53. The van der Waals surface area contributed by atoms with Gasteiger partial charge < -0.3 is 30.3 Å². The number of alkyl carbamates (subject to hydrolysis) is 1. The van der Waals surface area contributed by atoms with Crippen molar-refractivity contribution in [3.8, 4) is 5.75 Å². The minimum atomic E-state index is -0.526. The van der Waals surface area contributed by atoms with Crippen LogP contribution < -0.4 is 25.6 Å². The third-order valence-corrected chi connectivity index (χ3v) is 3.63. The lowest BCUT2D eigenvalue weighted by Gasteiger charge is -2.26. The van der Waals surface area contributed by atoms with Gasteiger partial charge in [0.2, 0.25) is 0 Å². The fourth-order valence-electron chi connectivity index (χ4n) is 2.19. The lowest BCUT2D eigenvalue weighted by atomic mass is 10.2. The molecule has 0 unspecified atom stereocenters. The number of hydrogen-bond acceptors (Lipinski definition) is 5. The molecule has 0 saturated heterocycles. The summed E-state index contributed by atoms with van der Waals surface area (Å²) < 4.78 is 10.6. The second-order valence-corrected chi connectivity index (χ2v) is 7.14. The van der Waals surface area contributed by atoms with Gasteiger partial charge in [-0.2, -0.15) is 0 Å². The minimum absolute atomic E-state index is 0.0198. The molecule has 142 valence electrons. The predicted octanol–water partition coefficient (Wildman–Crippen LogP) is 1.85. The van der Waals surface area contributed by atoms with Gasteiger partial charge in [-0.05, 0) is 45.1 Å². The quantitative estimate of drug-likeness (QED) is 0.542. The normalized spacial score (nSPS) is 13.4. The Morgan fingerprint density at radius 3 is 2.69 bits per heavy atom. The maximum Gasteiger partial charge on any atom is 0.407 e. The molecule has 0 atom stereocenters. The third-order valence-electron chi connectivity index (χ3n) is 3.38. The molecule has 0 bridgehead atoms. The fraction of sp³-hybridized carbons (Fsp3) is 0.471. The summed E-state index contributed by atoms with van der Waals surface area (Å²) >= 11 is 5.23. The van der Waals surface area contributed by atoms with Crippen molar-refractivity contribution >= 4 is 40.7 Å². The van der Waals surface area contributed by atoms with Gasteiger partial charge in [-0.3, -0.25) is 4.79 Å². The summed E-state index contributed by atoms with van der Waals surface area (Å²) in [4.78, 5) is 24.7. The highest BCUT2D eigenvalue weighted by molar-refractivity contribution is 7.80. The van der Waals surface area contributed by atoms with Gasteiger partial charge in [0.25, 0.3) is 5.91 Å². The predicted molar refractivity (Wildman–Crippen MR) is 104 cm³/mol. The topological polar surface area (TPSA) is 91.9 Å². The van der Waals surface area contributed by atoms with Crippen molar-refractivity contribution in [2.45, 2.75) is 26.4 Å². The number of rotatable bonds is 4. The average molecular weight is 380 g/mol. The number of likely N-dealkylation sites (N-methyl/N-ethyl adjacent to an activating group) is 1. The zero-order valence-corrected chi connectivity index (χ0v) is 16.2. The number of carbonyl (C=O) groups excluding carboxylic acids is 2. The Balaban J connectivity index is 1.77. The molecule has 26 heavy (non-hydrogen) atoms.